The molecule has 144 valence electrons. The minimum atomic E-state index is -0.536. The van der Waals surface area contributed by atoms with E-state index in [1.54, 1.807) is 4.90 Å². The molecule has 1 fully saturated rings. The van der Waals surface area contributed by atoms with E-state index < -0.39 is 11.7 Å². The molecule has 0 aromatic carbocycles. The summed E-state index contributed by atoms with van der Waals surface area (Å²) in [6.07, 6.45) is 0.918. The van der Waals surface area contributed by atoms with Gasteiger partial charge in [-0.1, -0.05) is 0 Å². The van der Waals surface area contributed by atoms with Crippen molar-refractivity contribution in [2.75, 3.05) is 26.3 Å². The number of hydrogen-bond acceptors (Lipinski definition) is 6. The maximum Gasteiger partial charge on any atom is 0.407 e. The van der Waals surface area contributed by atoms with Crippen molar-refractivity contribution in [3.63, 3.8) is 0 Å². The van der Waals surface area contributed by atoms with Gasteiger partial charge in [-0.15, -0.1) is 0 Å². The lowest BCUT2D eigenvalue weighted by molar-refractivity contribution is -0.144. The maximum absolute atomic E-state index is 11.8. The van der Waals surface area contributed by atoms with Crippen molar-refractivity contribution in [3.8, 4) is 0 Å². The Morgan fingerprint density at radius 1 is 1.20 bits per heavy atom. The van der Waals surface area contributed by atoms with Crippen LogP contribution in [0.1, 0.15) is 47.5 Å². The van der Waals surface area contributed by atoms with Gasteiger partial charge in [0, 0.05) is 20.4 Å². The van der Waals surface area contributed by atoms with Gasteiger partial charge < -0.3 is 24.4 Å². The van der Waals surface area contributed by atoms with Gasteiger partial charge in [-0.3, -0.25) is 9.59 Å². The first-order valence-corrected chi connectivity index (χ1v) is 8.57. The van der Waals surface area contributed by atoms with E-state index in [1.807, 2.05) is 20.8 Å². The molecule has 0 aliphatic carbocycles. The van der Waals surface area contributed by atoms with E-state index in [2.05, 4.69) is 5.32 Å². The smallest absolute Gasteiger partial charge is 0.407 e. The molecule has 8 heteroatoms. The average molecular weight is 358 g/mol. The van der Waals surface area contributed by atoms with E-state index in [1.165, 1.54) is 13.8 Å². The minimum absolute atomic E-state index is 0.0928. The molecule has 1 N–H and O–H groups in total. The topological polar surface area (TPSA) is 94.2 Å². The van der Waals surface area contributed by atoms with Crippen LogP contribution in [0.5, 0.6) is 0 Å². The standard InChI is InChI=1S/C17H30N2O6/c1-12(20)19(8-9-23-13(2)21)10-15-7-6-14(11-24-15)18-16(22)25-17(3,4)5/h14-15H,6-11H2,1-5H3,(H,18,22)/t14-,15?/m1/s1. The number of amides is 2. The van der Waals surface area contributed by atoms with Crippen LogP contribution in [0.25, 0.3) is 0 Å². The third-order valence-electron chi connectivity index (χ3n) is 3.63. The van der Waals surface area contributed by atoms with Crippen LogP contribution in [0.3, 0.4) is 0 Å². The van der Waals surface area contributed by atoms with E-state index in [-0.39, 0.29) is 30.6 Å². The van der Waals surface area contributed by atoms with E-state index in [9.17, 15) is 14.4 Å². The highest BCUT2D eigenvalue weighted by atomic mass is 16.6. The largest absolute Gasteiger partial charge is 0.464 e. The monoisotopic (exact) mass is 358 g/mol. The van der Waals surface area contributed by atoms with Gasteiger partial charge in [-0.2, -0.15) is 0 Å². The van der Waals surface area contributed by atoms with Gasteiger partial charge >= 0.3 is 12.1 Å². The van der Waals surface area contributed by atoms with Gasteiger partial charge in [-0.05, 0) is 33.6 Å². The molecule has 1 unspecified atom stereocenters. The molecular formula is C17H30N2O6. The fraction of sp³-hybridized carbons (Fsp3) is 0.824. The van der Waals surface area contributed by atoms with Crippen molar-refractivity contribution in [2.24, 2.45) is 0 Å². The lowest BCUT2D eigenvalue weighted by Crippen LogP contribution is -2.47. The second kappa shape index (κ2) is 9.60. The maximum atomic E-state index is 11.8. The number of nitrogens with zero attached hydrogens (tertiary/aromatic N) is 1. The van der Waals surface area contributed by atoms with Crippen LogP contribution in [0.2, 0.25) is 0 Å². The van der Waals surface area contributed by atoms with Gasteiger partial charge in [0.15, 0.2) is 0 Å². The Hall–Kier alpha value is -1.83. The molecule has 0 radical (unpaired) electrons. The molecular weight excluding hydrogens is 328 g/mol. The highest BCUT2D eigenvalue weighted by Gasteiger charge is 2.27. The highest BCUT2D eigenvalue weighted by molar-refractivity contribution is 5.73. The number of nitrogens with one attached hydrogen (secondary N) is 1. The zero-order chi connectivity index (χ0) is 19.0. The summed E-state index contributed by atoms with van der Waals surface area (Å²) in [6, 6.07) is -0.0991. The van der Waals surface area contributed by atoms with Crippen molar-refractivity contribution in [1.82, 2.24) is 10.2 Å². The van der Waals surface area contributed by atoms with Gasteiger partial charge in [0.1, 0.15) is 12.2 Å². The first-order chi connectivity index (χ1) is 11.6. The number of alkyl carbamates (subject to hydrolysis) is 1. The van der Waals surface area contributed by atoms with Crippen LogP contribution in [-0.2, 0) is 23.8 Å². The van der Waals surface area contributed by atoms with E-state index in [0.29, 0.717) is 19.7 Å². The van der Waals surface area contributed by atoms with Crippen LogP contribution < -0.4 is 5.32 Å². The lowest BCUT2D eigenvalue weighted by Gasteiger charge is -2.33. The Balaban J connectivity index is 2.35. The molecule has 1 heterocycles. The van der Waals surface area contributed by atoms with E-state index in [4.69, 9.17) is 14.2 Å². The summed E-state index contributed by atoms with van der Waals surface area (Å²) in [4.78, 5) is 35.9. The predicted octanol–water partition coefficient (Wildman–Crippen LogP) is 1.47. The Morgan fingerprint density at radius 3 is 2.36 bits per heavy atom. The Morgan fingerprint density at radius 2 is 1.88 bits per heavy atom. The summed E-state index contributed by atoms with van der Waals surface area (Å²) >= 11 is 0. The van der Waals surface area contributed by atoms with Gasteiger partial charge in [0.2, 0.25) is 5.91 Å². The van der Waals surface area contributed by atoms with Crippen LogP contribution >= 0.6 is 0 Å². The zero-order valence-corrected chi connectivity index (χ0v) is 15.8. The molecule has 1 saturated heterocycles. The predicted molar refractivity (Wildman–Crippen MR) is 91.0 cm³/mol. The fourth-order valence-corrected chi connectivity index (χ4v) is 2.46. The summed E-state index contributed by atoms with van der Waals surface area (Å²) in [7, 11) is 0. The quantitative estimate of drug-likeness (QED) is 0.723. The number of esters is 1. The second-order valence-corrected chi connectivity index (χ2v) is 7.18. The van der Waals surface area contributed by atoms with Crippen LogP contribution in [0.4, 0.5) is 4.79 Å². The fourth-order valence-electron chi connectivity index (χ4n) is 2.46. The Bertz CT molecular complexity index is 466. The molecule has 0 bridgehead atoms. The summed E-state index contributed by atoms with van der Waals surface area (Å²) < 4.78 is 15.9. The van der Waals surface area contributed by atoms with Crippen LogP contribution in [0.15, 0.2) is 0 Å². The summed E-state index contributed by atoms with van der Waals surface area (Å²) in [5, 5.41) is 2.79. The first kappa shape index (κ1) is 21.2. The number of rotatable bonds is 6. The van der Waals surface area contributed by atoms with Crippen LogP contribution in [-0.4, -0.2) is 66.9 Å². The van der Waals surface area contributed by atoms with Gasteiger partial charge in [0.05, 0.1) is 25.3 Å². The van der Waals surface area contributed by atoms with E-state index in [0.717, 1.165) is 12.8 Å². The normalized spacial score (nSPS) is 20.5. The molecule has 0 saturated carbocycles. The minimum Gasteiger partial charge on any atom is -0.464 e. The summed E-state index contributed by atoms with van der Waals surface area (Å²) in [6.45, 7) is 9.57. The highest BCUT2D eigenvalue weighted by Crippen LogP contribution is 2.16. The number of hydrogen-bond donors (Lipinski definition) is 1. The molecule has 1 aliphatic heterocycles. The zero-order valence-electron chi connectivity index (χ0n) is 15.8. The number of carbonyl (C=O) groups excluding carboxylic acids is 3. The molecule has 1 rings (SSSR count). The third kappa shape index (κ3) is 9.28. The van der Waals surface area contributed by atoms with Crippen molar-refractivity contribution in [2.45, 2.75) is 65.2 Å². The molecule has 0 aromatic heterocycles. The second-order valence-electron chi connectivity index (χ2n) is 7.18. The van der Waals surface area contributed by atoms with Gasteiger partial charge in [0.25, 0.3) is 0 Å². The Labute approximate surface area is 149 Å². The molecule has 0 aromatic rings. The van der Waals surface area contributed by atoms with Crippen LogP contribution in [0, 0.1) is 0 Å². The Kier molecular flexibility index (Phi) is 8.15. The molecule has 2 atom stereocenters. The van der Waals surface area contributed by atoms with Crippen molar-refractivity contribution in [1.29, 1.82) is 0 Å². The number of ether oxygens (including phenoxy) is 3. The summed E-state index contributed by atoms with van der Waals surface area (Å²) in [5.74, 6) is -0.460. The SMILES string of the molecule is CC(=O)OCCN(CC1CC[C@@H](NC(=O)OC(C)(C)C)CO1)C(C)=O. The van der Waals surface area contributed by atoms with Gasteiger partial charge in [-0.25, -0.2) is 4.79 Å². The molecule has 1 aliphatic rings. The molecule has 8 nitrogen and oxygen atoms in total. The van der Waals surface area contributed by atoms with Crippen molar-refractivity contribution in [3.05, 3.63) is 0 Å². The summed E-state index contributed by atoms with van der Waals surface area (Å²) in [5.41, 5.74) is -0.536. The van der Waals surface area contributed by atoms with Crippen molar-refractivity contribution >= 4 is 18.0 Å². The van der Waals surface area contributed by atoms with E-state index >= 15 is 0 Å². The number of carbonyl (C=O) groups is 3. The lowest BCUT2D eigenvalue weighted by atomic mass is 10.0. The third-order valence-corrected chi connectivity index (χ3v) is 3.63. The average Bonchev–Trinajstić information content (AvgIpc) is 2.45. The van der Waals surface area contributed by atoms with Crippen molar-refractivity contribution < 1.29 is 28.6 Å². The first-order valence-electron chi connectivity index (χ1n) is 8.57. The molecule has 25 heavy (non-hydrogen) atoms. The molecule has 0 spiro atoms. The molecule has 2 amide bonds.